The van der Waals surface area contributed by atoms with Crippen molar-refractivity contribution in [1.29, 1.82) is 0 Å². The summed E-state index contributed by atoms with van der Waals surface area (Å²) in [5, 5.41) is 0. The molecule has 4 nitrogen and oxygen atoms in total. The van der Waals surface area contributed by atoms with Gasteiger partial charge in [-0.25, -0.2) is 0 Å². The van der Waals surface area contributed by atoms with E-state index in [-0.39, 0.29) is 0 Å². The van der Waals surface area contributed by atoms with Gasteiger partial charge in [0.15, 0.2) is 5.73 Å². The van der Waals surface area contributed by atoms with Crippen LogP contribution < -0.4 is 18.9 Å². The second-order valence-corrected chi connectivity index (χ2v) is 9.78. The minimum Gasteiger partial charge on any atom is -0.483 e. The molecule has 0 heterocycles. The first-order valence-corrected chi connectivity index (χ1v) is 13.0. The molecule has 0 aliphatic carbocycles. The predicted molar refractivity (Wildman–Crippen MR) is 144 cm³/mol. The molecule has 0 aliphatic rings. The Morgan fingerprint density at radius 1 is 0.486 bits per heavy atom. The van der Waals surface area contributed by atoms with Crippen molar-refractivity contribution in [3.05, 3.63) is 119 Å². The quantitative estimate of drug-likeness (QED) is 0.220. The van der Waals surface area contributed by atoms with Gasteiger partial charge in [-0.15, -0.1) is 0 Å². The lowest BCUT2D eigenvalue weighted by molar-refractivity contribution is -0.278. The summed E-state index contributed by atoms with van der Waals surface area (Å²) in [5.41, 5.74) is 3.43. The van der Waals surface area contributed by atoms with E-state index in [4.69, 9.17) is 18.9 Å². The van der Waals surface area contributed by atoms with Crippen LogP contribution in [0.5, 0.6) is 23.0 Å². The lowest BCUT2D eigenvalue weighted by Crippen LogP contribution is -2.60. The summed E-state index contributed by atoms with van der Waals surface area (Å²) in [4.78, 5) is 0. The molecule has 35 heavy (non-hydrogen) atoms. The van der Waals surface area contributed by atoms with E-state index < -0.39 is 11.7 Å². The van der Waals surface area contributed by atoms with Gasteiger partial charge in [0, 0.05) is 0 Å². The molecule has 4 aromatic rings. The summed E-state index contributed by atoms with van der Waals surface area (Å²) in [6, 6.07) is 31.5. The molecule has 0 radical (unpaired) electrons. The van der Waals surface area contributed by atoms with E-state index in [1.54, 1.807) is 0 Å². The minimum absolute atomic E-state index is 0.526. The summed E-state index contributed by atoms with van der Waals surface area (Å²) in [7, 11) is 0.558. The molecule has 0 aromatic heterocycles. The number of benzene rings is 4. The highest BCUT2D eigenvalue weighted by Gasteiger charge is 2.48. The zero-order chi connectivity index (χ0) is 24.8. The first-order chi connectivity index (χ1) is 16.9. The van der Waals surface area contributed by atoms with Crippen LogP contribution >= 0.6 is 0 Å². The molecule has 0 amide bonds. The fourth-order valence-electron chi connectivity index (χ4n) is 3.74. The third kappa shape index (κ3) is 5.69. The second kappa shape index (κ2) is 10.7. The van der Waals surface area contributed by atoms with Crippen LogP contribution in [0.25, 0.3) is 0 Å². The first-order valence-electron chi connectivity index (χ1n) is 11.8. The minimum atomic E-state index is -1.57. The van der Waals surface area contributed by atoms with Crippen molar-refractivity contribution in [2.75, 3.05) is 0 Å². The lowest BCUT2D eigenvalue weighted by atomic mass is 10.2. The first kappa shape index (κ1) is 24.4. The topological polar surface area (TPSA) is 36.9 Å². The van der Waals surface area contributed by atoms with Crippen molar-refractivity contribution in [2.24, 2.45) is 0 Å². The van der Waals surface area contributed by atoms with Gasteiger partial charge in [0.05, 0.1) is 10.2 Å². The van der Waals surface area contributed by atoms with E-state index in [0.29, 0.717) is 27.5 Å². The van der Waals surface area contributed by atoms with Crippen LogP contribution in [-0.2, 0) is 0 Å². The molecule has 0 saturated carbocycles. The Balaban J connectivity index is 1.85. The molecular formula is C30H32O4Si. The fourth-order valence-corrected chi connectivity index (χ4v) is 4.34. The van der Waals surface area contributed by atoms with Crippen molar-refractivity contribution < 1.29 is 18.9 Å². The summed E-state index contributed by atoms with van der Waals surface area (Å²) in [6.45, 7) is 8.04. The number of hydrogen-bond donors (Lipinski definition) is 0. The van der Waals surface area contributed by atoms with Gasteiger partial charge in [-0.3, -0.25) is 0 Å². The molecule has 0 N–H and O–H groups in total. The zero-order valence-corrected chi connectivity index (χ0v) is 22.9. The maximum atomic E-state index is 6.69. The third-order valence-electron chi connectivity index (χ3n) is 5.93. The van der Waals surface area contributed by atoms with E-state index in [0.717, 1.165) is 28.0 Å². The third-order valence-corrected chi connectivity index (χ3v) is 6.88. The van der Waals surface area contributed by atoms with E-state index in [9.17, 15) is 0 Å². The molecule has 5 heteroatoms. The highest BCUT2D eigenvalue weighted by Crippen LogP contribution is 2.34. The largest absolute Gasteiger partial charge is 0.483 e. The Hall–Kier alpha value is -3.70. The van der Waals surface area contributed by atoms with E-state index in [2.05, 4.69) is 0 Å². The smallest absolute Gasteiger partial charge is 0.452 e. The summed E-state index contributed by atoms with van der Waals surface area (Å²) >= 11 is 0. The van der Waals surface area contributed by atoms with Crippen molar-refractivity contribution in [2.45, 2.75) is 39.4 Å². The SMILES string of the molecule is Cc1ccccc1OC([SiH3])C(Oc1ccccc1C)(Oc1ccccc1C)Oc1ccccc1C. The molecule has 4 rings (SSSR count). The molecule has 0 fully saturated rings. The van der Waals surface area contributed by atoms with Gasteiger partial charge in [0.1, 0.15) is 23.0 Å². The van der Waals surface area contributed by atoms with Crippen LogP contribution in [-0.4, -0.2) is 21.9 Å². The van der Waals surface area contributed by atoms with Gasteiger partial charge in [-0.2, -0.15) is 0 Å². The Labute approximate surface area is 210 Å². The van der Waals surface area contributed by atoms with Crippen LogP contribution in [0.15, 0.2) is 97.1 Å². The number of ether oxygens (including phenoxy) is 4. The number of aryl methyl sites for hydroxylation is 4. The Morgan fingerprint density at radius 2 is 0.771 bits per heavy atom. The second-order valence-electron chi connectivity index (χ2n) is 8.73. The average molecular weight is 485 g/mol. The standard InChI is InChI=1S/C30H32O4Si/c1-21-13-5-9-17-25(21)31-29(35)30(32-26-18-10-6-14-22(26)2,33-27-19-11-7-15-23(27)3)34-28-20-12-8-16-24(28)4/h5-20,29H,1-4,35H3. The molecule has 180 valence electrons. The highest BCUT2D eigenvalue weighted by molar-refractivity contribution is 6.12. The van der Waals surface area contributed by atoms with Crippen LogP contribution in [0.1, 0.15) is 22.3 Å². The normalized spacial score (nSPS) is 12.1. The Morgan fingerprint density at radius 3 is 1.09 bits per heavy atom. The maximum absolute atomic E-state index is 6.69. The molecule has 0 aliphatic heterocycles. The molecule has 0 bridgehead atoms. The number of hydrogen-bond acceptors (Lipinski definition) is 4. The van der Waals surface area contributed by atoms with Crippen LogP contribution in [0.4, 0.5) is 0 Å². The van der Waals surface area contributed by atoms with E-state index in [1.165, 1.54) is 0 Å². The molecule has 4 aromatic carbocycles. The molecular weight excluding hydrogens is 452 g/mol. The zero-order valence-electron chi connectivity index (χ0n) is 20.9. The highest BCUT2D eigenvalue weighted by atomic mass is 28.1. The van der Waals surface area contributed by atoms with Crippen molar-refractivity contribution in [1.82, 2.24) is 0 Å². The van der Waals surface area contributed by atoms with E-state index >= 15 is 0 Å². The number of para-hydroxylation sites is 4. The van der Waals surface area contributed by atoms with Crippen LogP contribution in [0, 0.1) is 27.7 Å². The molecule has 0 saturated heterocycles. The molecule has 1 unspecified atom stereocenters. The molecule has 0 spiro atoms. The maximum Gasteiger partial charge on any atom is 0.452 e. The van der Waals surface area contributed by atoms with Gasteiger partial charge in [-0.1, -0.05) is 72.8 Å². The lowest BCUT2D eigenvalue weighted by Gasteiger charge is -2.39. The van der Waals surface area contributed by atoms with Gasteiger partial charge < -0.3 is 18.9 Å². The van der Waals surface area contributed by atoms with Gasteiger partial charge in [0.2, 0.25) is 0 Å². The monoisotopic (exact) mass is 484 g/mol. The van der Waals surface area contributed by atoms with Gasteiger partial charge in [0.25, 0.3) is 0 Å². The van der Waals surface area contributed by atoms with Crippen molar-refractivity contribution in [3.63, 3.8) is 0 Å². The Kier molecular flexibility index (Phi) is 7.47. The van der Waals surface area contributed by atoms with Crippen molar-refractivity contribution >= 4 is 10.2 Å². The summed E-state index contributed by atoms with van der Waals surface area (Å²) in [5.74, 6) is 1.21. The predicted octanol–water partition coefficient (Wildman–Crippen LogP) is 5.88. The fraction of sp³-hybridized carbons (Fsp3) is 0.200. The van der Waals surface area contributed by atoms with Crippen LogP contribution in [0.3, 0.4) is 0 Å². The van der Waals surface area contributed by atoms with E-state index in [1.807, 2.05) is 125 Å². The summed E-state index contributed by atoms with van der Waals surface area (Å²) in [6.07, 6.45) is 0. The van der Waals surface area contributed by atoms with Gasteiger partial charge in [-0.05, 0) is 74.2 Å². The Bertz CT molecular complexity index is 1170. The average Bonchev–Trinajstić information content (AvgIpc) is 2.85. The number of rotatable bonds is 9. The van der Waals surface area contributed by atoms with Crippen LogP contribution in [0.2, 0.25) is 0 Å². The van der Waals surface area contributed by atoms with Crippen molar-refractivity contribution in [3.8, 4) is 23.0 Å². The molecule has 1 atom stereocenters. The summed E-state index contributed by atoms with van der Waals surface area (Å²) < 4.78 is 26.6. The van der Waals surface area contributed by atoms with Gasteiger partial charge >= 0.3 is 5.97 Å².